The maximum Gasteiger partial charge on any atom is 0.471 e. The Bertz CT molecular complexity index is 472. The van der Waals surface area contributed by atoms with Crippen LogP contribution >= 0.6 is 7.60 Å². The number of hydrogen-bond donors (Lipinski definition) is 0. The predicted molar refractivity (Wildman–Crippen MR) is 76.4 cm³/mol. The molecule has 0 fully saturated rings. The molecule has 24 heavy (non-hydrogen) atoms. The van der Waals surface area contributed by atoms with E-state index in [4.69, 9.17) is 9.25 Å². The minimum atomic E-state index is -5.27. The summed E-state index contributed by atoms with van der Waals surface area (Å²) in [4.78, 5) is 22.9. The van der Waals surface area contributed by atoms with Crippen LogP contribution in [0.2, 0.25) is 0 Å². The van der Waals surface area contributed by atoms with Crippen molar-refractivity contribution in [1.82, 2.24) is 15.0 Å². The lowest BCUT2D eigenvalue weighted by Crippen LogP contribution is -2.45. The highest BCUT2D eigenvalue weighted by Gasteiger charge is 2.46. The van der Waals surface area contributed by atoms with Crippen LogP contribution in [0.5, 0.6) is 0 Å². The van der Waals surface area contributed by atoms with Crippen LogP contribution < -0.4 is 0 Å². The highest BCUT2D eigenvalue weighted by molar-refractivity contribution is 7.53. The number of rotatable bonds is 9. The Morgan fingerprint density at radius 1 is 1.04 bits per heavy atom. The Balaban J connectivity index is 5.47. The zero-order chi connectivity index (χ0) is 19.1. The first-order valence-corrected chi connectivity index (χ1v) is 8.38. The maximum absolute atomic E-state index is 12.7. The summed E-state index contributed by atoms with van der Waals surface area (Å²) in [5.74, 6) is -3.45. The van der Waals surface area contributed by atoms with Crippen molar-refractivity contribution in [2.45, 2.75) is 13.1 Å². The molecule has 0 spiro atoms. The van der Waals surface area contributed by atoms with Crippen molar-refractivity contribution >= 4 is 19.5 Å². The second kappa shape index (κ2) is 9.33. The molecular formula is C11H21F3N3O6P. The number of halogens is 3. The van der Waals surface area contributed by atoms with E-state index in [2.05, 4.69) is 4.74 Å². The average Bonchev–Trinajstić information content (AvgIpc) is 2.33. The molecule has 0 N–H and O–H groups in total. The van der Waals surface area contributed by atoms with Gasteiger partial charge in [-0.1, -0.05) is 0 Å². The van der Waals surface area contributed by atoms with Crippen molar-refractivity contribution in [2.75, 3.05) is 47.6 Å². The second-order valence-electron chi connectivity index (χ2n) is 4.85. The molecular weight excluding hydrogens is 358 g/mol. The maximum atomic E-state index is 12.7. The van der Waals surface area contributed by atoms with Gasteiger partial charge in [0.05, 0.1) is 6.61 Å². The molecule has 0 aromatic carbocycles. The van der Waals surface area contributed by atoms with E-state index in [9.17, 15) is 27.3 Å². The van der Waals surface area contributed by atoms with Crippen molar-refractivity contribution < 1.29 is 41.3 Å². The van der Waals surface area contributed by atoms with Gasteiger partial charge in [-0.15, -0.1) is 0 Å². The lowest BCUT2D eigenvalue weighted by atomic mass is 10.5. The number of ether oxygens (including phenoxy) is 1. The van der Waals surface area contributed by atoms with Crippen molar-refractivity contribution in [3.63, 3.8) is 0 Å². The number of carbonyl (C=O) groups excluding carboxylic acids is 2. The van der Waals surface area contributed by atoms with Gasteiger partial charge in [-0.05, 0) is 6.92 Å². The number of nitrogens with zero attached hydrogens (tertiary/aromatic N) is 3. The Morgan fingerprint density at radius 3 is 1.83 bits per heavy atom. The summed E-state index contributed by atoms with van der Waals surface area (Å²) < 4.78 is 65.0. The number of hydroxylamine groups is 4. The predicted octanol–water partition coefficient (Wildman–Crippen LogP) is 1.08. The number of amides is 1. The molecule has 0 aliphatic rings. The first-order valence-electron chi connectivity index (χ1n) is 6.65. The monoisotopic (exact) mass is 379 g/mol. The third-order valence-electron chi connectivity index (χ3n) is 2.07. The van der Waals surface area contributed by atoms with Gasteiger partial charge in [0.1, 0.15) is 12.8 Å². The summed E-state index contributed by atoms with van der Waals surface area (Å²) >= 11 is 0. The smallest absolute Gasteiger partial charge is 0.465 e. The number of hydrogen-bond acceptors (Lipinski definition) is 8. The van der Waals surface area contributed by atoms with Crippen molar-refractivity contribution in [1.29, 1.82) is 0 Å². The highest BCUT2D eigenvalue weighted by Crippen LogP contribution is 2.49. The molecule has 0 saturated heterocycles. The van der Waals surface area contributed by atoms with E-state index in [1.165, 1.54) is 35.1 Å². The molecule has 0 rings (SSSR count). The first kappa shape index (κ1) is 22.8. The summed E-state index contributed by atoms with van der Waals surface area (Å²) in [6.07, 6.45) is -6.37. The lowest BCUT2D eigenvalue weighted by molar-refractivity contribution is -0.186. The fourth-order valence-electron chi connectivity index (χ4n) is 1.50. The molecule has 0 saturated carbocycles. The third-order valence-corrected chi connectivity index (χ3v) is 3.91. The van der Waals surface area contributed by atoms with Crippen molar-refractivity contribution in [3.8, 4) is 0 Å². The Labute approximate surface area is 137 Å². The fourth-order valence-corrected chi connectivity index (χ4v) is 3.28. The van der Waals surface area contributed by atoms with Gasteiger partial charge in [0.2, 0.25) is 0 Å². The van der Waals surface area contributed by atoms with Gasteiger partial charge < -0.3 is 9.64 Å². The highest BCUT2D eigenvalue weighted by atomic mass is 31.2. The topological polar surface area (TPSA) is 88.6 Å². The molecule has 9 nitrogen and oxygen atoms in total. The molecule has 0 aliphatic carbocycles. The van der Waals surface area contributed by atoms with Crippen LogP contribution in [0, 0.1) is 0 Å². The Morgan fingerprint density at radius 2 is 1.50 bits per heavy atom. The molecule has 0 aliphatic heterocycles. The molecule has 0 bridgehead atoms. The van der Waals surface area contributed by atoms with Crippen LogP contribution in [0.15, 0.2) is 0 Å². The number of carbonyl (C=O) groups is 2. The SMILES string of the molecule is CCOC(=O)CN(CP(=O)(ON(C)C)ON(C)C)C(=O)C(F)(F)F. The van der Waals surface area contributed by atoms with Gasteiger partial charge in [0, 0.05) is 28.2 Å². The largest absolute Gasteiger partial charge is 0.471 e. The normalized spacial score (nSPS) is 12.6. The van der Waals surface area contributed by atoms with Crippen LogP contribution in [-0.4, -0.2) is 80.7 Å². The fraction of sp³-hybridized carbons (Fsp3) is 0.818. The van der Waals surface area contributed by atoms with Gasteiger partial charge in [-0.3, -0.25) is 14.2 Å². The standard InChI is InChI=1S/C11H21F3N3O6P/c1-6-21-9(18)7-17(10(19)11(12,13)14)8-24(20,22-15(2)3)23-16(4)5/h6-8H2,1-5H3. The zero-order valence-corrected chi connectivity index (χ0v) is 14.9. The molecule has 142 valence electrons. The van der Waals surface area contributed by atoms with Crippen LogP contribution in [0.3, 0.4) is 0 Å². The van der Waals surface area contributed by atoms with E-state index in [1.54, 1.807) is 0 Å². The molecule has 1 amide bonds. The first-order chi connectivity index (χ1) is 10.8. The van der Waals surface area contributed by atoms with Crippen molar-refractivity contribution in [2.24, 2.45) is 0 Å². The quantitative estimate of drug-likeness (QED) is 0.334. The Hall–Kier alpha value is -1.20. The summed E-state index contributed by atoms with van der Waals surface area (Å²) in [6.45, 7) is 0.305. The van der Waals surface area contributed by atoms with E-state index in [0.717, 1.165) is 10.1 Å². The van der Waals surface area contributed by atoms with Crippen LogP contribution in [0.25, 0.3) is 0 Å². The molecule has 0 atom stereocenters. The molecule has 0 aromatic heterocycles. The van der Waals surface area contributed by atoms with Gasteiger partial charge in [-0.2, -0.15) is 23.3 Å². The molecule has 0 radical (unpaired) electrons. The molecule has 0 aromatic rings. The molecule has 0 unspecified atom stereocenters. The lowest BCUT2D eigenvalue weighted by Gasteiger charge is -2.29. The van der Waals surface area contributed by atoms with Gasteiger partial charge >= 0.3 is 25.6 Å². The minimum Gasteiger partial charge on any atom is -0.465 e. The van der Waals surface area contributed by atoms with Crippen LogP contribution in [-0.2, 0) is 28.1 Å². The summed E-state index contributed by atoms with van der Waals surface area (Å²) in [7, 11) is 1.07. The summed E-state index contributed by atoms with van der Waals surface area (Å²) in [5, 5.41) is 1.90. The third kappa shape index (κ3) is 8.60. The summed E-state index contributed by atoms with van der Waals surface area (Å²) in [5.41, 5.74) is 0. The second-order valence-corrected chi connectivity index (χ2v) is 6.68. The van der Waals surface area contributed by atoms with E-state index < -0.39 is 38.5 Å². The minimum absolute atomic E-state index is 0.0196. The van der Waals surface area contributed by atoms with Gasteiger partial charge in [0.25, 0.3) is 0 Å². The van der Waals surface area contributed by atoms with E-state index >= 15 is 0 Å². The van der Waals surface area contributed by atoms with E-state index in [0.29, 0.717) is 0 Å². The molecule has 13 heteroatoms. The average molecular weight is 379 g/mol. The zero-order valence-electron chi connectivity index (χ0n) is 14.0. The Kier molecular flexibility index (Phi) is 8.86. The van der Waals surface area contributed by atoms with Crippen LogP contribution in [0.4, 0.5) is 13.2 Å². The number of alkyl halides is 3. The van der Waals surface area contributed by atoms with Gasteiger partial charge in [0.15, 0.2) is 0 Å². The molecule has 0 heterocycles. The number of esters is 1. The van der Waals surface area contributed by atoms with Crippen molar-refractivity contribution in [3.05, 3.63) is 0 Å². The van der Waals surface area contributed by atoms with Crippen LogP contribution in [0.1, 0.15) is 6.92 Å². The van der Waals surface area contributed by atoms with E-state index in [-0.39, 0.29) is 11.5 Å². The summed E-state index contributed by atoms with van der Waals surface area (Å²) in [6, 6.07) is 0. The van der Waals surface area contributed by atoms with E-state index in [1.807, 2.05) is 0 Å². The van der Waals surface area contributed by atoms with Gasteiger partial charge in [-0.25, -0.2) is 9.25 Å².